The molecule has 0 bridgehead atoms. The smallest absolute Gasteiger partial charge is 0.278 e. The molecular formula is C18H18N4O3S. The van der Waals surface area contributed by atoms with Crippen LogP contribution < -0.4 is 9.47 Å². The number of fused-ring (bicyclic) bond motifs is 1. The Balaban J connectivity index is 1.48. The molecule has 1 aliphatic heterocycles. The van der Waals surface area contributed by atoms with Crippen LogP contribution in [0.1, 0.15) is 23.2 Å². The predicted molar refractivity (Wildman–Crippen MR) is 97.8 cm³/mol. The molecule has 26 heavy (non-hydrogen) atoms. The van der Waals surface area contributed by atoms with Gasteiger partial charge in [-0.05, 0) is 31.0 Å². The highest BCUT2D eigenvalue weighted by molar-refractivity contribution is 7.16. The fourth-order valence-corrected chi connectivity index (χ4v) is 3.80. The SMILES string of the molecule is COc1nccnc1O[C@H]1CCCN(C(=O)c2ccc3ncsc3c2)C1. The van der Waals surface area contributed by atoms with E-state index in [2.05, 4.69) is 15.0 Å². The number of hydrogen-bond donors (Lipinski definition) is 0. The normalized spacial score (nSPS) is 17.3. The molecule has 1 atom stereocenters. The monoisotopic (exact) mass is 370 g/mol. The Hall–Kier alpha value is -2.74. The van der Waals surface area contributed by atoms with Crippen LogP contribution >= 0.6 is 11.3 Å². The van der Waals surface area contributed by atoms with Crippen molar-refractivity contribution in [2.45, 2.75) is 18.9 Å². The van der Waals surface area contributed by atoms with E-state index in [1.165, 1.54) is 18.4 Å². The minimum absolute atomic E-state index is 0.0136. The average Bonchev–Trinajstić information content (AvgIpc) is 3.16. The number of nitrogens with zero attached hydrogens (tertiary/aromatic N) is 4. The fourth-order valence-electron chi connectivity index (χ4n) is 3.08. The number of benzene rings is 1. The molecular weight excluding hydrogens is 352 g/mol. The van der Waals surface area contributed by atoms with Gasteiger partial charge in [0.25, 0.3) is 17.7 Å². The minimum atomic E-state index is -0.134. The van der Waals surface area contributed by atoms with Crippen LogP contribution in [-0.2, 0) is 0 Å². The quantitative estimate of drug-likeness (QED) is 0.703. The van der Waals surface area contributed by atoms with Crippen molar-refractivity contribution in [3.05, 3.63) is 41.7 Å². The van der Waals surface area contributed by atoms with Gasteiger partial charge in [-0.25, -0.2) is 15.0 Å². The number of hydrogen-bond acceptors (Lipinski definition) is 7. The first-order valence-electron chi connectivity index (χ1n) is 8.39. The lowest BCUT2D eigenvalue weighted by molar-refractivity contribution is 0.0519. The number of aromatic nitrogens is 3. The van der Waals surface area contributed by atoms with Crippen LogP contribution in [-0.4, -0.2) is 52.1 Å². The van der Waals surface area contributed by atoms with Gasteiger partial charge >= 0.3 is 0 Å². The van der Waals surface area contributed by atoms with E-state index in [0.717, 1.165) is 29.6 Å². The second-order valence-electron chi connectivity index (χ2n) is 6.04. The zero-order valence-electron chi connectivity index (χ0n) is 14.3. The number of likely N-dealkylation sites (tertiary alicyclic amines) is 1. The molecule has 0 unspecified atom stereocenters. The maximum Gasteiger partial charge on any atom is 0.278 e. The van der Waals surface area contributed by atoms with Gasteiger partial charge in [0.2, 0.25) is 0 Å². The summed E-state index contributed by atoms with van der Waals surface area (Å²) in [5, 5.41) is 0. The Morgan fingerprint density at radius 1 is 1.23 bits per heavy atom. The number of piperidine rings is 1. The summed E-state index contributed by atoms with van der Waals surface area (Å²) in [7, 11) is 1.53. The largest absolute Gasteiger partial charge is 0.477 e. The summed E-state index contributed by atoms with van der Waals surface area (Å²) >= 11 is 1.54. The Kier molecular flexibility index (Phi) is 4.66. The number of amides is 1. The van der Waals surface area contributed by atoms with Crippen LogP contribution in [0, 0.1) is 0 Å². The second-order valence-corrected chi connectivity index (χ2v) is 6.93. The van der Waals surface area contributed by atoms with Gasteiger partial charge < -0.3 is 14.4 Å². The van der Waals surface area contributed by atoms with Crippen LogP contribution in [0.3, 0.4) is 0 Å². The lowest BCUT2D eigenvalue weighted by Crippen LogP contribution is -2.44. The van der Waals surface area contributed by atoms with Crippen molar-refractivity contribution < 1.29 is 14.3 Å². The topological polar surface area (TPSA) is 77.4 Å². The summed E-state index contributed by atoms with van der Waals surface area (Å²) < 4.78 is 12.1. The molecule has 3 heterocycles. The number of carbonyl (C=O) groups excluding carboxylic acids is 1. The molecule has 1 saturated heterocycles. The van der Waals surface area contributed by atoms with Gasteiger partial charge in [0.05, 0.1) is 29.4 Å². The molecule has 4 rings (SSSR count). The third kappa shape index (κ3) is 3.32. The molecule has 0 N–H and O–H groups in total. The molecule has 1 aliphatic rings. The van der Waals surface area contributed by atoms with E-state index >= 15 is 0 Å². The highest BCUT2D eigenvalue weighted by Gasteiger charge is 2.27. The van der Waals surface area contributed by atoms with Crippen molar-refractivity contribution in [2.24, 2.45) is 0 Å². The highest BCUT2D eigenvalue weighted by atomic mass is 32.1. The molecule has 0 saturated carbocycles. The van der Waals surface area contributed by atoms with Gasteiger partial charge in [-0.2, -0.15) is 0 Å². The summed E-state index contributed by atoms with van der Waals surface area (Å²) in [5.41, 5.74) is 3.39. The number of ether oxygens (including phenoxy) is 2. The van der Waals surface area contributed by atoms with E-state index in [1.807, 2.05) is 23.1 Å². The fraction of sp³-hybridized carbons (Fsp3) is 0.333. The van der Waals surface area contributed by atoms with E-state index < -0.39 is 0 Å². The zero-order chi connectivity index (χ0) is 17.9. The Morgan fingerprint density at radius 3 is 2.92 bits per heavy atom. The van der Waals surface area contributed by atoms with Crippen molar-refractivity contribution in [1.29, 1.82) is 0 Å². The first-order chi connectivity index (χ1) is 12.7. The van der Waals surface area contributed by atoms with Crippen molar-refractivity contribution >= 4 is 27.5 Å². The molecule has 0 spiro atoms. The molecule has 2 aromatic heterocycles. The van der Waals surface area contributed by atoms with Crippen LogP contribution in [0.15, 0.2) is 36.1 Å². The van der Waals surface area contributed by atoms with Crippen LogP contribution in [0.4, 0.5) is 0 Å². The van der Waals surface area contributed by atoms with Gasteiger partial charge in [-0.1, -0.05) is 0 Å². The summed E-state index contributed by atoms with van der Waals surface area (Å²) in [6.07, 6.45) is 4.72. The lowest BCUT2D eigenvalue weighted by Gasteiger charge is -2.32. The summed E-state index contributed by atoms with van der Waals surface area (Å²) in [5.74, 6) is 0.728. The molecule has 134 valence electrons. The molecule has 0 radical (unpaired) electrons. The van der Waals surface area contributed by atoms with E-state index in [4.69, 9.17) is 9.47 Å². The average molecular weight is 370 g/mol. The molecule has 3 aromatic rings. The van der Waals surface area contributed by atoms with Gasteiger partial charge in [0.1, 0.15) is 6.10 Å². The second kappa shape index (κ2) is 7.25. The Bertz CT molecular complexity index is 929. The Labute approximate surface area is 154 Å². The van der Waals surface area contributed by atoms with Crippen molar-refractivity contribution in [1.82, 2.24) is 19.9 Å². The van der Waals surface area contributed by atoms with Gasteiger partial charge in [-0.3, -0.25) is 4.79 Å². The number of carbonyl (C=O) groups is 1. The molecule has 1 aromatic carbocycles. The standard InChI is InChI=1S/C18H18N4O3S/c1-24-16-17(20-7-6-19-16)25-13-3-2-8-22(10-13)18(23)12-4-5-14-15(9-12)26-11-21-14/h4-7,9,11,13H,2-3,8,10H2,1H3/t13-/m0/s1. The summed E-state index contributed by atoms with van der Waals surface area (Å²) in [6, 6.07) is 5.63. The molecule has 8 heteroatoms. The van der Waals surface area contributed by atoms with Crippen LogP contribution in [0.25, 0.3) is 10.2 Å². The maximum absolute atomic E-state index is 12.9. The first-order valence-corrected chi connectivity index (χ1v) is 9.27. The van der Waals surface area contributed by atoms with Gasteiger partial charge in [0.15, 0.2) is 0 Å². The minimum Gasteiger partial charge on any atom is -0.477 e. The molecule has 1 amide bonds. The highest BCUT2D eigenvalue weighted by Crippen LogP contribution is 2.25. The van der Waals surface area contributed by atoms with E-state index in [9.17, 15) is 4.79 Å². The third-order valence-corrected chi connectivity index (χ3v) is 5.14. The lowest BCUT2D eigenvalue weighted by atomic mass is 10.1. The van der Waals surface area contributed by atoms with Crippen molar-refractivity contribution in [3.63, 3.8) is 0 Å². The first kappa shape index (κ1) is 16.7. The zero-order valence-corrected chi connectivity index (χ0v) is 15.1. The predicted octanol–water partition coefficient (Wildman–Crippen LogP) is 2.78. The Morgan fingerprint density at radius 2 is 2.08 bits per heavy atom. The van der Waals surface area contributed by atoms with Crippen molar-refractivity contribution in [2.75, 3.05) is 20.2 Å². The van der Waals surface area contributed by atoms with E-state index in [1.54, 1.807) is 17.9 Å². The molecule has 7 nitrogen and oxygen atoms in total. The molecule has 0 aliphatic carbocycles. The number of rotatable bonds is 4. The molecule has 1 fully saturated rings. The maximum atomic E-state index is 12.9. The summed E-state index contributed by atoms with van der Waals surface area (Å²) in [6.45, 7) is 1.23. The van der Waals surface area contributed by atoms with Crippen LogP contribution in [0.5, 0.6) is 11.8 Å². The van der Waals surface area contributed by atoms with E-state index in [-0.39, 0.29) is 12.0 Å². The number of methoxy groups -OCH3 is 1. The number of thiazole rings is 1. The summed E-state index contributed by atoms with van der Waals surface area (Å²) in [4.78, 5) is 27.3. The van der Waals surface area contributed by atoms with Gasteiger partial charge in [-0.15, -0.1) is 11.3 Å². The van der Waals surface area contributed by atoms with Crippen LogP contribution in [0.2, 0.25) is 0 Å². The third-order valence-electron chi connectivity index (χ3n) is 4.35. The van der Waals surface area contributed by atoms with Gasteiger partial charge in [0, 0.05) is 24.5 Å². The van der Waals surface area contributed by atoms with Crippen molar-refractivity contribution in [3.8, 4) is 11.8 Å². The van der Waals surface area contributed by atoms with E-state index in [0.29, 0.717) is 23.9 Å².